The van der Waals surface area contributed by atoms with Gasteiger partial charge in [-0.25, -0.2) is 0 Å². The predicted molar refractivity (Wildman–Crippen MR) is 62.8 cm³/mol. The zero-order chi connectivity index (χ0) is 11.7. The first-order valence-corrected chi connectivity index (χ1v) is 5.26. The zero-order valence-corrected chi connectivity index (χ0v) is 9.78. The first kappa shape index (κ1) is 10.8. The van der Waals surface area contributed by atoms with Crippen LogP contribution in [0.25, 0.3) is 0 Å². The molecule has 1 aromatic carbocycles. The zero-order valence-electron chi connectivity index (χ0n) is 9.78. The summed E-state index contributed by atoms with van der Waals surface area (Å²) in [6.45, 7) is 0. The van der Waals surface area contributed by atoms with Crippen LogP contribution in [0.1, 0.15) is 5.56 Å². The second kappa shape index (κ2) is 4.04. The summed E-state index contributed by atoms with van der Waals surface area (Å²) in [6, 6.07) is 5.69. The summed E-state index contributed by atoms with van der Waals surface area (Å²) in [6.07, 6.45) is 0.726. The molecule has 0 spiro atoms. The van der Waals surface area contributed by atoms with Crippen LogP contribution in [0, 0.1) is 0 Å². The van der Waals surface area contributed by atoms with Crippen molar-refractivity contribution in [3.8, 4) is 5.75 Å². The number of ether oxygens (including phenoxy) is 1. The first-order valence-electron chi connectivity index (χ1n) is 5.26. The molecule has 1 aromatic rings. The summed E-state index contributed by atoms with van der Waals surface area (Å²) in [4.78, 5) is 13.4. The molecule has 0 bridgehead atoms. The van der Waals surface area contributed by atoms with Crippen molar-refractivity contribution in [2.24, 2.45) is 0 Å². The van der Waals surface area contributed by atoms with Crippen molar-refractivity contribution in [2.75, 3.05) is 26.5 Å². The van der Waals surface area contributed by atoms with E-state index in [1.807, 2.05) is 18.2 Å². The lowest BCUT2D eigenvalue weighted by Gasteiger charge is -2.16. The predicted octanol–water partition coefficient (Wildman–Crippen LogP) is 1.12. The lowest BCUT2D eigenvalue weighted by Crippen LogP contribution is -2.37. The van der Waals surface area contributed by atoms with E-state index in [-0.39, 0.29) is 11.9 Å². The van der Waals surface area contributed by atoms with Crippen molar-refractivity contribution in [3.05, 3.63) is 23.8 Å². The number of nitrogens with zero attached hydrogens (tertiary/aromatic N) is 1. The van der Waals surface area contributed by atoms with Crippen molar-refractivity contribution in [1.29, 1.82) is 0 Å². The van der Waals surface area contributed by atoms with E-state index < -0.39 is 0 Å². The monoisotopic (exact) mass is 220 g/mol. The summed E-state index contributed by atoms with van der Waals surface area (Å²) in [5, 5.41) is 3.22. The molecule has 0 saturated heterocycles. The van der Waals surface area contributed by atoms with Gasteiger partial charge in [0, 0.05) is 26.2 Å². The van der Waals surface area contributed by atoms with E-state index in [1.165, 1.54) is 0 Å². The largest absolute Gasteiger partial charge is 0.497 e. The number of anilines is 1. The molecule has 4 nitrogen and oxygen atoms in total. The number of amides is 1. The van der Waals surface area contributed by atoms with E-state index in [9.17, 15) is 4.79 Å². The minimum atomic E-state index is -0.142. The Morgan fingerprint density at radius 1 is 1.50 bits per heavy atom. The molecule has 1 heterocycles. The number of likely N-dealkylation sites (N-methyl/N-ethyl adjacent to an activating group) is 1. The van der Waals surface area contributed by atoms with Crippen molar-refractivity contribution >= 4 is 11.6 Å². The Kier molecular flexibility index (Phi) is 2.73. The number of fused-ring (bicyclic) bond motifs is 1. The highest BCUT2D eigenvalue weighted by Crippen LogP contribution is 2.29. The normalized spacial score (nSPS) is 17.6. The number of carbonyl (C=O) groups is 1. The highest BCUT2D eigenvalue weighted by Gasteiger charge is 2.27. The maximum absolute atomic E-state index is 11.8. The van der Waals surface area contributed by atoms with E-state index in [0.717, 1.165) is 23.4 Å². The van der Waals surface area contributed by atoms with Gasteiger partial charge in [-0.15, -0.1) is 0 Å². The van der Waals surface area contributed by atoms with Gasteiger partial charge >= 0.3 is 0 Å². The van der Waals surface area contributed by atoms with Crippen molar-refractivity contribution in [2.45, 2.75) is 12.5 Å². The van der Waals surface area contributed by atoms with Gasteiger partial charge in [0.2, 0.25) is 5.91 Å². The Labute approximate surface area is 95.2 Å². The fourth-order valence-electron chi connectivity index (χ4n) is 1.93. The molecule has 0 radical (unpaired) electrons. The van der Waals surface area contributed by atoms with E-state index >= 15 is 0 Å². The summed E-state index contributed by atoms with van der Waals surface area (Å²) >= 11 is 0. The number of carbonyl (C=O) groups excluding carboxylic acids is 1. The molecule has 1 amide bonds. The standard InChI is InChI=1S/C12H16N2O2/c1-14(2)12(15)11-7-8-6-9(16-3)4-5-10(8)13-11/h4-6,11,13H,7H2,1-3H3. The quantitative estimate of drug-likeness (QED) is 0.812. The van der Waals surface area contributed by atoms with Gasteiger partial charge in [0.25, 0.3) is 0 Å². The van der Waals surface area contributed by atoms with Crippen LogP contribution in [0.2, 0.25) is 0 Å². The van der Waals surface area contributed by atoms with Crippen LogP contribution in [0.4, 0.5) is 5.69 Å². The third-order valence-electron chi connectivity index (χ3n) is 2.81. The van der Waals surface area contributed by atoms with Crippen LogP contribution in [-0.2, 0) is 11.2 Å². The lowest BCUT2D eigenvalue weighted by molar-refractivity contribution is -0.129. The van der Waals surface area contributed by atoms with Crippen LogP contribution in [-0.4, -0.2) is 38.1 Å². The third-order valence-corrected chi connectivity index (χ3v) is 2.81. The minimum Gasteiger partial charge on any atom is -0.497 e. The third kappa shape index (κ3) is 1.83. The number of benzene rings is 1. The molecular weight excluding hydrogens is 204 g/mol. The van der Waals surface area contributed by atoms with Crippen molar-refractivity contribution < 1.29 is 9.53 Å². The molecule has 1 N–H and O–H groups in total. The van der Waals surface area contributed by atoms with Crippen LogP contribution >= 0.6 is 0 Å². The van der Waals surface area contributed by atoms with Gasteiger partial charge < -0.3 is 15.0 Å². The second-order valence-corrected chi connectivity index (χ2v) is 4.16. The first-order chi connectivity index (χ1) is 7.61. The highest BCUT2D eigenvalue weighted by atomic mass is 16.5. The summed E-state index contributed by atoms with van der Waals surface area (Å²) in [5.74, 6) is 0.939. The Morgan fingerprint density at radius 3 is 2.88 bits per heavy atom. The molecule has 1 unspecified atom stereocenters. The number of nitrogens with one attached hydrogen (secondary N) is 1. The fourth-order valence-corrected chi connectivity index (χ4v) is 1.93. The molecule has 0 fully saturated rings. The maximum Gasteiger partial charge on any atom is 0.244 e. The topological polar surface area (TPSA) is 41.6 Å². The van der Waals surface area contributed by atoms with Crippen LogP contribution in [0.3, 0.4) is 0 Å². The molecule has 16 heavy (non-hydrogen) atoms. The average Bonchev–Trinajstić information content (AvgIpc) is 2.69. The van der Waals surface area contributed by atoms with E-state index in [2.05, 4.69) is 5.32 Å². The molecular formula is C12H16N2O2. The average molecular weight is 220 g/mol. The molecule has 1 aliphatic heterocycles. The number of rotatable bonds is 2. The number of hydrogen-bond donors (Lipinski definition) is 1. The van der Waals surface area contributed by atoms with Gasteiger partial charge in [0.15, 0.2) is 0 Å². The van der Waals surface area contributed by atoms with Gasteiger partial charge in [0.05, 0.1) is 7.11 Å². The Hall–Kier alpha value is -1.71. The fraction of sp³-hybridized carbons (Fsp3) is 0.417. The number of hydrogen-bond acceptors (Lipinski definition) is 3. The van der Waals surface area contributed by atoms with Crippen molar-refractivity contribution in [3.63, 3.8) is 0 Å². The highest BCUT2D eigenvalue weighted by molar-refractivity contribution is 5.87. The maximum atomic E-state index is 11.8. The molecule has 0 aliphatic carbocycles. The van der Waals surface area contributed by atoms with Crippen molar-refractivity contribution in [1.82, 2.24) is 4.90 Å². The molecule has 2 rings (SSSR count). The second-order valence-electron chi connectivity index (χ2n) is 4.16. The van der Waals surface area contributed by atoms with Gasteiger partial charge in [-0.3, -0.25) is 4.79 Å². The molecule has 1 aliphatic rings. The van der Waals surface area contributed by atoms with Crippen LogP contribution in [0.5, 0.6) is 5.75 Å². The lowest BCUT2D eigenvalue weighted by atomic mass is 10.1. The minimum absolute atomic E-state index is 0.107. The van der Waals surface area contributed by atoms with E-state index in [0.29, 0.717) is 0 Å². The number of methoxy groups -OCH3 is 1. The summed E-state index contributed by atoms with van der Waals surface area (Å²) < 4.78 is 5.16. The smallest absolute Gasteiger partial charge is 0.244 e. The molecule has 4 heteroatoms. The van der Waals surface area contributed by atoms with E-state index in [1.54, 1.807) is 26.1 Å². The van der Waals surface area contributed by atoms with Gasteiger partial charge in [-0.05, 0) is 23.8 Å². The molecule has 86 valence electrons. The Morgan fingerprint density at radius 2 is 2.25 bits per heavy atom. The van der Waals surface area contributed by atoms with E-state index in [4.69, 9.17) is 4.74 Å². The SMILES string of the molecule is COc1ccc2c(c1)CC(C(=O)N(C)C)N2. The van der Waals surface area contributed by atoms with Crippen LogP contribution in [0.15, 0.2) is 18.2 Å². The van der Waals surface area contributed by atoms with Gasteiger partial charge in [0.1, 0.15) is 11.8 Å². The molecule has 0 saturated carbocycles. The van der Waals surface area contributed by atoms with Crippen LogP contribution < -0.4 is 10.1 Å². The summed E-state index contributed by atoms with van der Waals surface area (Å²) in [7, 11) is 5.19. The molecule has 0 aromatic heterocycles. The Bertz CT molecular complexity index is 415. The molecule has 1 atom stereocenters. The Balaban J connectivity index is 2.18. The van der Waals surface area contributed by atoms with Gasteiger partial charge in [-0.1, -0.05) is 0 Å². The van der Waals surface area contributed by atoms with Gasteiger partial charge in [-0.2, -0.15) is 0 Å². The summed E-state index contributed by atoms with van der Waals surface area (Å²) in [5.41, 5.74) is 2.17.